The van der Waals surface area contributed by atoms with Crippen LogP contribution in [-0.4, -0.2) is 31.5 Å². The molecule has 0 heterocycles. The number of aliphatic hydroxyl groups is 1. The van der Waals surface area contributed by atoms with E-state index in [2.05, 4.69) is 17.4 Å². The van der Waals surface area contributed by atoms with Crippen molar-refractivity contribution in [1.82, 2.24) is 5.32 Å². The number of rotatable bonds is 6. The summed E-state index contributed by atoms with van der Waals surface area (Å²) in [4.78, 5) is 12.7. The van der Waals surface area contributed by atoms with Crippen molar-refractivity contribution in [2.75, 3.05) is 0 Å². The Morgan fingerprint density at radius 1 is 1.04 bits per heavy atom. The third-order valence-electron chi connectivity index (χ3n) is 3.53. The number of amides is 1. The van der Waals surface area contributed by atoms with Crippen LogP contribution in [0.15, 0.2) is 60.7 Å². The van der Waals surface area contributed by atoms with E-state index in [0.29, 0.717) is 5.32 Å². The van der Waals surface area contributed by atoms with Gasteiger partial charge in [0.25, 0.3) is 0 Å². The third-order valence-corrected chi connectivity index (χ3v) is 5.90. The van der Waals surface area contributed by atoms with Gasteiger partial charge in [-0.15, -0.1) is 0 Å². The summed E-state index contributed by atoms with van der Waals surface area (Å²) in [6.07, 6.45) is -0.792. The summed E-state index contributed by atoms with van der Waals surface area (Å²) in [5.74, 6) is -0.538. The maximum atomic E-state index is 12.7. The van der Waals surface area contributed by atoms with Crippen molar-refractivity contribution in [3.63, 3.8) is 0 Å². The average molecular weight is 390 g/mol. The van der Waals surface area contributed by atoms with E-state index in [0.717, 1.165) is 5.56 Å². The summed E-state index contributed by atoms with van der Waals surface area (Å²) in [7, 11) is 0. The fraction of sp³-hybridized carbons (Fsp3) is 0.350. The van der Waals surface area contributed by atoms with Gasteiger partial charge in [0, 0.05) is 0 Å². The van der Waals surface area contributed by atoms with Gasteiger partial charge in [0.15, 0.2) is 0 Å². The predicted molar refractivity (Wildman–Crippen MR) is 99.4 cm³/mol. The quantitative estimate of drug-likeness (QED) is 0.746. The standard InChI is InChI=1S/C20H25NO2Se/c1-20(2,3)21-19(23)17(14-24-16-12-8-5-9-13-16)18(22)15-10-6-4-7-11-15/h4-13,17-18,22H,14H2,1-3H3,(H,21,23)/t17-,18-/m0/s1. The summed E-state index contributed by atoms with van der Waals surface area (Å²) < 4.78 is 1.24. The molecule has 0 radical (unpaired) electrons. The van der Waals surface area contributed by atoms with Gasteiger partial charge in [-0.3, -0.25) is 0 Å². The molecule has 0 bridgehead atoms. The van der Waals surface area contributed by atoms with Crippen LogP contribution < -0.4 is 9.78 Å². The molecule has 0 aliphatic rings. The fourth-order valence-electron chi connectivity index (χ4n) is 2.36. The molecule has 0 aliphatic heterocycles. The number of nitrogens with one attached hydrogen (secondary N) is 1. The first-order valence-electron chi connectivity index (χ1n) is 8.10. The molecule has 0 aliphatic carbocycles. The Labute approximate surface area is 150 Å². The number of aliphatic hydroxyl groups excluding tert-OH is 1. The first kappa shape index (κ1) is 18.7. The molecule has 2 N–H and O–H groups in total. The van der Waals surface area contributed by atoms with E-state index in [4.69, 9.17) is 0 Å². The molecule has 0 aromatic heterocycles. The third kappa shape index (κ3) is 5.79. The minimum atomic E-state index is -0.792. The zero-order valence-electron chi connectivity index (χ0n) is 14.4. The zero-order valence-corrected chi connectivity index (χ0v) is 16.1. The van der Waals surface area contributed by atoms with Crippen LogP contribution in [-0.2, 0) is 4.79 Å². The normalized spacial score (nSPS) is 14.0. The van der Waals surface area contributed by atoms with E-state index in [-0.39, 0.29) is 26.4 Å². The molecule has 128 valence electrons. The van der Waals surface area contributed by atoms with E-state index in [9.17, 15) is 9.90 Å². The van der Waals surface area contributed by atoms with Crippen LogP contribution in [0.3, 0.4) is 0 Å². The molecular weight excluding hydrogens is 365 g/mol. The average Bonchev–Trinajstić information content (AvgIpc) is 2.55. The first-order valence-corrected chi connectivity index (χ1v) is 10.2. The fourth-order valence-corrected chi connectivity index (χ4v) is 4.57. The van der Waals surface area contributed by atoms with Gasteiger partial charge in [-0.05, 0) is 0 Å². The van der Waals surface area contributed by atoms with E-state index in [1.54, 1.807) is 0 Å². The van der Waals surface area contributed by atoms with Crippen LogP contribution in [0.1, 0.15) is 32.4 Å². The second kappa shape index (κ2) is 8.48. The summed E-state index contributed by atoms with van der Waals surface area (Å²) >= 11 is 0.136. The maximum absolute atomic E-state index is 12.7. The molecule has 2 rings (SSSR count). The SMILES string of the molecule is CC(C)(C)NC(=O)[C@@H](C[Se]c1ccccc1)[C@@H](O)c1ccccc1. The number of hydrogen-bond donors (Lipinski definition) is 2. The molecule has 0 fully saturated rings. The van der Waals surface area contributed by atoms with Crippen molar-refractivity contribution in [1.29, 1.82) is 0 Å². The number of hydrogen-bond acceptors (Lipinski definition) is 2. The Bertz CT molecular complexity index is 638. The monoisotopic (exact) mass is 391 g/mol. The van der Waals surface area contributed by atoms with E-state index >= 15 is 0 Å². The second-order valence-corrected chi connectivity index (χ2v) is 9.12. The number of benzene rings is 2. The van der Waals surface area contributed by atoms with Crippen molar-refractivity contribution in [2.45, 2.75) is 37.7 Å². The molecular formula is C20H25NO2Se. The van der Waals surface area contributed by atoms with Crippen molar-refractivity contribution in [3.05, 3.63) is 66.2 Å². The Kier molecular flexibility index (Phi) is 6.61. The molecule has 0 unspecified atom stereocenters. The molecule has 2 aromatic rings. The first-order chi connectivity index (χ1) is 11.4. The second-order valence-electron chi connectivity index (χ2n) is 6.83. The Morgan fingerprint density at radius 2 is 1.58 bits per heavy atom. The Morgan fingerprint density at radius 3 is 2.12 bits per heavy atom. The Balaban J connectivity index is 2.15. The Hall–Kier alpha value is -1.61. The van der Waals surface area contributed by atoms with E-state index < -0.39 is 12.0 Å². The van der Waals surface area contributed by atoms with E-state index in [1.807, 2.05) is 69.3 Å². The molecule has 4 heteroatoms. The summed E-state index contributed by atoms with van der Waals surface area (Å²) in [6.45, 7) is 5.87. The summed E-state index contributed by atoms with van der Waals surface area (Å²) in [5.41, 5.74) is 0.473. The topological polar surface area (TPSA) is 49.3 Å². The zero-order chi connectivity index (χ0) is 17.6. The molecule has 24 heavy (non-hydrogen) atoms. The van der Waals surface area contributed by atoms with Gasteiger partial charge in [0.2, 0.25) is 0 Å². The van der Waals surface area contributed by atoms with Crippen molar-refractivity contribution >= 4 is 25.3 Å². The van der Waals surface area contributed by atoms with Gasteiger partial charge >= 0.3 is 150 Å². The van der Waals surface area contributed by atoms with Crippen LogP contribution in [0.25, 0.3) is 0 Å². The van der Waals surface area contributed by atoms with Gasteiger partial charge < -0.3 is 0 Å². The molecule has 2 atom stereocenters. The molecule has 2 aromatic carbocycles. The molecule has 0 saturated carbocycles. The minimum absolute atomic E-state index is 0.0864. The van der Waals surface area contributed by atoms with Gasteiger partial charge in [-0.25, -0.2) is 0 Å². The number of carbonyl (C=O) groups is 1. The van der Waals surface area contributed by atoms with Crippen LogP contribution in [0.5, 0.6) is 0 Å². The van der Waals surface area contributed by atoms with Gasteiger partial charge in [-0.1, -0.05) is 0 Å². The van der Waals surface area contributed by atoms with Crippen LogP contribution >= 0.6 is 0 Å². The number of carbonyl (C=O) groups excluding carboxylic acids is 1. The predicted octanol–water partition coefficient (Wildman–Crippen LogP) is 2.70. The van der Waals surface area contributed by atoms with Crippen molar-refractivity contribution in [3.8, 4) is 0 Å². The van der Waals surface area contributed by atoms with Gasteiger partial charge in [0.05, 0.1) is 0 Å². The summed E-state index contributed by atoms with van der Waals surface area (Å²) in [5, 5.41) is 14.5. The van der Waals surface area contributed by atoms with E-state index in [1.165, 1.54) is 4.46 Å². The van der Waals surface area contributed by atoms with Crippen LogP contribution in [0.4, 0.5) is 0 Å². The molecule has 1 amide bonds. The van der Waals surface area contributed by atoms with Crippen LogP contribution in [0.2, 0.25) is 5.32 Å². The van der Waals surface area contributed by atoms with Crippen molar-refractivity contribution < 1.29 is 9.90 Å². The molecule has 0 spiro atoms. The van der Waals surface area contributed by atoms with Crippen LogP contribution in [0, 0.1) is 5.92 Å². The van der Waals surface area contributed by atoms with Gasteiger partial charge in [-0.2, -0.15) is 0 Å². The van der Waals surface area contributed by atoms with Gasteiger partial charge in [0.1, 0.15) is 0 Å². The summed E-state index contributed by atoms with van der Waals surface area (Å²) in [6, 6.07) is 19.6. The molecule has 0 saturated heterocycles. The van der Waals surface area contributed by atoms with Crippen molar-refractivity contribution in [2.24, 2.45) is 5.92 Å². The molecule has 3 nitrogen and oxygen atoms in total.